The predicted octanol–water partition coefficient (Wildman–Crippen LogP) is 4.38. The molecule has 7 heteroatoms. The summed E-state index contributed by atoms with van der Waals surface area (Å²) in [5, 5.41) is 0. The Bertz CT molecular complexity index is 818. The summed E-state index contributed by atoms with van der Waals surface area (Å²) >= 11 is 0. The summed E-state index contributed by atoms with van der Waals surface area (Å²) in [4.78, 5) is 25.1. The summed E-state index contributed by atoms with van der Waals surface area (Å²) < 4.78 is 46.1. The van der Waals surface area contributed by atoms with Crippen LogP contribution < -0.4 is 0 Å². The molecule has 0 atom stereocenters. The Balaban J connectivity index is 2.41. The second kappa shape index (κ2) is 9.73. The number of esters is 1. The molecule has 0 N–H and O–H groups in total. The van der Waals surface area contributed by atoms with Crippen LogP contribution in [0.3, 0.4) is 0 Å². The number of allylic oxidation sites excluding steroid dienone is 2. The molecule has 0 fully saturated rings. The molecule has 0 aromatic heterocycles. The highest BCUT2D eigenvalue weighted by Crippen LogP contribution is 2.30. The van der Waals surface area contributed by atoms with Crippen molar-refractivity contribution >= 4 is 11.8 Å². The van der Waals surface area contributed by atoms with Gasteiger partial charge < -0.3 is 9.64 Å². The number of nitrogens with zero attached hydrogens (tertiary/aromatic N) is 1. The third-order valence-corrected chi connectivity index (χ3v) is 3.80. The smallest absolute Gasteiger partial charge is 0.431 e. The molecule has 2 aromatic carbocycles. The number of carbonyl (C=O) groups is 2. The first-order valence-corrected chi connectivity index (χ1v) is 8.64. The molecular formula is C21H20F3NO3. The monoisotopic (exact) mass is 391 g/mol. The summed E-state index contributed by atoms with van der Waals surface area (Å²) in [5.41, 5.74) is -0.507. The molecule has 0 aliphatic rings. The minimum absolute atomic E-state index is 0.0476. The van der Waals surface area contributed by atoms with E-state index in [1.165, 1.54) is 12.1 Å². The van der Waals surface area contributed by atoms with Gasteiger partial charge >= 0.3 is 12.1 Å². The number of carbonyl (C=O) groups excluding carboxylic acids is 2. The van der Waals surface area contributed by atoms with Crippen LogP contribution >= 0.6 is 0 Å². The van der Waals surface area contributed by atoms with Crippen molar-refractivity contribution in [3.8, 4) is 0 Å². The van der Waals surface area contributed by atoms with Crippen LogP contribution in [-0.2, 0) is 16.1 Å². The van der Waals surface area contributed by atoms with E-state index in [0.717, 1.165) is 4.90 Å². The minimum atomic E-state index is -4.83. The number of hydrogen-bond acceptors (Lipinski definition) is 4. The highest BCUT2D eigenvalue weighted by atomic mass is 19.4. The third-order valence-electron chi connectivity index (χ3n) is 3.80. The zero-order valence-corrected chi connectivity index (χ0v) is 15.3. The van der Waals surface area contributed by atoms with Crippen molar-refractivity contribution in [1.29, 1.82) is 0 Å². The fraction of sp³-hybridized carbons (Fsp3) is 0.238. The number of ketones is 1. The van der Waals surface area contributed by atoms with Crippen LogP contribution in [0.5, 0.6) is 0 Å². The molecule has 2 aromatic rings. The van der Waals surface area contributed by atoms with Gasteiger partial charge in [0.05, 0.1) is 6.61 Å². The number of rotatable bonds is 8. The summed E-state index contributed by atoms with van der Waals surface area (Å²) in [6.07, 6.45) is -4.30. The van der Waals surface area contributed by atoms with Crippen molar-refractivity contribution in [2.24, 2.45) is 0 Å². The van der Waals surface area contributed by atoms with Crippen LogP contribution in [0.2, 0.25) is 0 Å². The van der Waals surface area contributed by atoms with E-state index in [0.29, 0.717) is 11.6 Å². The molecule has 2 rings (SSSR count). The Morgan fingerprint density at radius 3 is 2.11 bits per heavy atom. The predicted molar refractivity (Wildman–Crippen MR) is 98.4 cm³/mol. The van der Waals surface area contributed by atoms with Crippen LogP contribution in [0.15, 0.2) is 72.4 Å². The van der Waals surface area contributed by atoms with Gasteiger partial charge in [0, 0.05) is 18.2 Å². The van der Waals surface area contributed by atoms with Crippen molar-refractivity contribution < 1.29 is 27.5 Å². The van der Waals surface area contributed by atoms with E-state index in [2.05, 4.69) is 0 Å². The summed E-state index contributed by atoms with van der Waals surface area (Å²) in [6, 6.07) is 16.0. The standard InChI is InChI=1S/C21H20F3NO3/c1-2-28-20(27)15-25(14-16-9-5-3-6-10-16)19(21(22,23)24)13-18(26)17-11-7-4-8-12-17/h3-13H,2,14-15H2,1H3/b19-13-. The average molecular weight is 391 g/mol. The first-order valence-electron chi connectivity index (χ1n) is 8.64. The lowest BCUT2D eigenvalue weighted by Gasteiger charge is -2.28. The first kappa shape index (κ1) is 21.2. The molecule has 0 saturated heterocycles. The lowest BCUT2D eigenvalue weighted by Crippen LogP contribution is -2.36. The highest BCUT2D eigenvalue weighted by Gasteiger charge is 2.39. The van der Waals surface area contributed by atoms with Gasteiger partial charge in [-0.15, -0.1) is 0 Å². The normalized spacial score (nSPS) is 11.8. The molecule has 0 saturated carbocycles. The van der Waals surface area contributed by atoms with Crippen LogP contribution in [-0.4, -0.2) is 36.0 Å². The van der Waals surface area contributed by atoms with Gasteiger partial charge in [0.1, 0.15) is 12.2 Å². The molecule has 0 amide bonds. The van der Waals surface area contributed by atoms with E-state index in [-0.39, 0.29) is 18.7 Å². The Hall–Kier alpha value is -3.09. The van der Waals surface area contributed by atoms with Gasteiger partial charge in [-0.25, -0.2) is 0 Å². The molecule has 0 aliphatic carbocycles. The Morgan fingerprint density at radius 1 is 1.00 bits per heavy atom. The maximum Gasteiger partial charge on any atom is 0.431 e. The number of hydrogen-bond donors (Lipinski definition) is 0. The fourth-order valence-electron chi connectivity index (χ4n) is 2.55. The van der Waals surface area contributed by atoms with E-state index in [1.54, 1.807) is 55.5 Å². The van der Waals surface area contributed by atoms with Crippen molar-refractivity contribution in [3.05, 3.63) is 83.6 Å². The van der Waals surface area contributed by atoms with E-state index in [4.69, 9.17) is 4.74 Å². The van der Waals surface area contributed by atoms with Crippen LogP contribution in [0.25, 0.3) is 0 Å². The van der Waals surface area contributed by atoms with Gasteiger partial charge in [0.2, 0.25) is 0 Å². The molecule has 28 heavy (non-hydrogen) atoms. The van der Waals surface area contributed by atoms with Gasteiger partial charge in [0.15, 0.2) is 5.78 Å². The largest absolute Gasteiger partial charge is 0.465 e. The Kier molecular flexibility index (Phi) is 7.37. The van der Waals surface area contributed by atoms with E-state index >= 15 is 0 Å². The van der Waals surface area contributed by atoms with Gasteiger partial charge in [-0.1, -0.05) is 60.7 Å². The molecule has 0 radical (unpaired) electrons. The third kappa shape index (κ3) is 6.26. The Labute approximate surface area is 161 Å². The van der Waals surface area contributed by atoms with Gasteiger partial charge in [-0.2, -0.15) is 13.2 Å². The second-order valence-corrected chi connectivity index (χ2v) is 5.90. The van der Waals surface area contributed by atoms with Crippen LogP contribution in [0.1, 0.15) is 22.8 Å². The maximum atomic E-state index is 13.8. The molecule has 0 bridgehead atoms. The van der Waals surface area contributed by atoms with Gasteiger partial charge in [0.25, 0.3) is 0 Å². The van der Waals surface area contributed by atoms with Crippen molar-refractivity contribution in [2.75, 3.05) is 13.2 Å². The molecule has 0 spiro atoms. The van der Waals surface area contributed by atoms with Crippen LogP contribution in [0, 0.1) is 0 Å². The molecule has 4 nitrogen and oxygen atoms in total. The Morgan fingerprint density at radius 2 is 1.57 bits per heavy atom. The summed E-state index contributed by atoms with van der Waals surface area (Å²) in [7, 11) is 0. The number of ether oxygens (including phenoxy) is 1. The molecule has 148 valence electrons. The number of halogens is 3. The van der Waals surface area contributed by atoms with E-state index < -0.39 is 30.2 Å². The van der Waals surface area contributed by atoms with Gasteiger partial charge in [-0.3, -0.25) is 9.59 Å². The van der Waals surface area contributed by atoms with Gasteiger partial charge in [-0.05, 0) is 12.5 Å². The van der Waals surface area contributed by atoms with E-state index in [9.17, 15) is 22.8 Å². The highest BCUT2D eigenvalue weighted by molar-refractivity contribution is 6.04. The quantitative estimate of drug-likeness (QED) is 0.381. The summed E-state index contributed by atoms with van der Waals surface area (Å²) in [5.74, 6) is -1.60. The summed E-state index contributed by atoms with van der Waals surface area (Å²) in [6.45, 7) is 0.786. The second-order valence-electron chi connectivity index (χ2n) is 5.90. The zero-order chi connectivity index (χ0) is 20.6. The van der Waals surface area contributed by atoms with Crippen LogP contribution in [0.4, 0.5) is 13.2 Å². The zero-order valence-electron chi connectivity index (χ0n) is 15.3. The molecule has 0 aliphatic heterocycles. The molecular weight excluding hydrogens is 371 g/mol. The lowest BCUT2D eigenvalue weighted by atomic mass is 10.1. The molecule has 0 heterocycles. The topological polar surface area (TPSA) is 46.6 Å². The van der Waals surface area contributed by atoms with E-state index in [1.807, 2.05) is 0 Å². The lowest BCUT2D eigenvalue weighted by molar-refractivity contribution is -0.146. The fourth-order valence-corrected chi connectivity index (χ4v) is 2.55. The number of alkyl halides is 3. The number of benzene rings is 2. The van der Waals surface area contributed by atoms with Crippen molar-refractivity contribution in [1.82, 2.24) is 4.90 Å². The SMILES string of the molecule is CCOC(=O)CN(Cc1ccccc1)/C(=C\C(=O)c1ccccc1)C(F)(F)F. The van der Waals surface area contributed by atoms with Crippen molar-refractivity contribution in [2.45, 2.75) is 19.6 Å². The first-order chi connectivity index (χ1) is 13.3. The maximum absolute atomic E-state index is 13.8. The molecule has 0 unspecified atom stereocenters. The van der Waals surface area contributed by atoms with Crippen molar-refractivity contribution in [3.63, 3.8) is 0 Å². The minimum Gasteiger partial charge on any atom is -0.465 e. The average Bonchev–Trinajstić information content (AvgIpc) is 2.66.